The number of hydrogen-bond donors (Lipinski definition) is 1. The van der Waals surface area contributed by atoms with Crippen LogP contribution >= 0.6 is 0 Å². The molecule has 0 saturated heterocycles. The van der Waals surface area contributed by atoms with Gasteiger partial charge in [0.05, 0.1) is 26.2 Å². The lowest BCUT2D eigenvalue weighted by Crippen LogP contribution is -3.00. The fourth-order valence-corrected chi connectivity index (χ4v) is 1.43. The highest BCUT2D eigenvalue weighted by Crippen LogP contribution is 2.05. The van der Waals surface area contributed by atoms with E-state index in [0.29, 0.717) is 0 Å². The first-order valence-corrected chi connectivity index (χ1v) is 4.42. The fourth-order valence-electron chi connectivity index (χ4n) is 1.43. The zero-order valence-electron chi connectivity index (χ0n) is 8.38. The zero-order valence-corrected chi connectivity index (χ0v) is 9.13. The van der Waals surface area contributed by atoms with Crippen molar-refractivity contribution >= 4 is 0 Å². The zero-order chi connectivity index (χ0) is 9.45. The Hall–Kier alpha value is -0.310. The number of halogens is 1. The van der Waals surface area contributed by atoms with Crippen LogP contribution in [0.5, 0.6) is 0 Å². The van der Waals surface area contributed by atoms with E-state index in [1.807, 2.05) is 12.2 Å². The average molecular weight is 206 g/mol. The third-order valence-electron chi connectivity index (χ3n) is 2.28. The largest absolute Gasteiger partial charge is 1.00 e. The van der Waals surface area contributed by atoms with Gasteiger partial charge in [0, 0.05) is 0 Å². The van der Waals surface area contributed by atoms with Crippen molar-refractivity contribution in [1.82, 2.24) is 0 Å². The first-order valence-electron chi connectivity index (χ1n) is 4.42. The van der Waals surface area contributed by atoms with Crippen LogP contribution in [0.2, 0.25) is 0 Å². The van der Waals surface area contributed by atoms with Crippen molar-refractivity contribution in [2.24, 2.45) is 0 Å². The van der Waals surface area contributed by atoms with Crippen LogP contribution in [-0.4, -0.2) is 42.4 Å². The molecule has 0 radical (unpaired) electrons. The molecule has 0 fully saturated rings. The molecule has 0 aromatic heterocycles. The number of aliphatic hydroxyl groups is 1. The van der Waals surface area contributed by atoms with Gasteiger partial charge in [0.15, 0.2) is 0 Å². The Balaban J connectivity index is 0. The molecule has 0 aliphatic heterocycles. The van der Waals surface area contributed by atoms with Gasteiger partial charge in [-0.25, -0.2) is 0 Å². The summed E-state index contributed by atoms with van der Waals surface area (Å²) in [5.74, 6) is 0. The second-order valence-corrected chi connectivity index (χ2v) is 3.05. The number of rotatable bonds is 7. The summed E-state index contributed by atoms with van der Waals surface area (Å²) < 4.78 is 0.865. The van der Waals surface area contributed by atoms with E-state index in [1.54, 1.807) is 0 Å². The molecule has 0 spiro atoms. The van der Waals surface area contributed by atoms with Gasteiger partial charge in [-0.2, -0.15) is 0 Å². The third kappa shape index (κ3) is 5.09. The van der Waals surface area contributed by atoms with Gasteiger partial charge in [-0.1, -0.05) is 13.2 Å². The van der Waals surface area contributed by atoms with Crippen LogP contribution in [-0.2, 0) is 0 Å². The molecular formula is C10H20ClNO. The first kappa shape index (κ1) is 15.2. The molecule has 0 unspecified atom stereocenters. The van der Waals surface area contributed by atoms with E-state index < -0.39 is 0 Å². The van der Waals surface area contributed by atoms with E-state index in [4.69, 9.17) is 5.11 Å². The van der Waals surface area contributed by atoms with Gasteiger partial charge in [-0.3, -0.25) is 0 Å². The average Bonchev–Trinajstić information content (AvgIpc) is 2.06. The van der Waals surface area contributed by atoms with Crippen LogP contribution in [0, 0.1) is 0 Å². The number of hydrogen-bond acceptors (Lipinski definition) is 1. The highest BCUT2D eigenvalue weighted by molar-refractivity contribution is 4.71. The van der Waals surface area contributed by atoms with Crippen LogP contribution in [0.4, 0.5) is 0 Å². The summed E-state index contributed by atoms with van der Waals surface area (Å²) in [6.45, 7) is 13.4. The smallest absolute Gasteiger partial charge is 0.103 e. The Morgan fingerprint density at radius 1 is 1.23 bits per heavy atom. The molecule has 78 valence electrons. The van der Waals surface area contributed by atoms with Gasteiger partial charge in [0.25, 0.3) is 0 Å². The lowest BCUT2D eigenvalue weighted by Gasteiger charge is -2.35. The van der Waals surface area contributed by atoms with Crippen molar-refractivity contribution in [2.75, 3.05) is 32.8 Å². The number of quaternary nitrogens is 1. The Morgan fingerprint density at radius 2 is 1.69 bits per heavy atom. The molecule has 1 N–H and O–H groups in total. The molecule has 0 aliphatic rings. The number of nitrogens with zero attached hydrogens (tertiary/aromatic N) is 1. The van der Waals surface area contributed by atoms with Gasteiger partial charge in [0.2, 0.25) is 0 Å². The Bertz CT molecular complexity index is 138. The van der Waals surface area contributed by atoms with Crippen molar-refractivity contribution in [3.8, 4) is 0 Å². The summed E-state index contributed by atoms with van der Waals surface area (Å²) in [7, 11) is 0. The van der Waals surface area contributed by atoms with Crippen LogP contribution in [0.25, 0.3) is 0 Å². The van der Waals surface area contributed by atoms with Gasteiger partial charge < -0.3 is 22.0 Å². The molecule has 0 saturated carbocycles. The van der Waals surface area contributed by atoms with E-state index in [9.17, 15) is 0 Å². The lowest BCUT2D eigenvalue weighted by molar-refractivity contribution is -0.915. The monoisotopic (exact) mass is 205 g/mol. The second-order valence-electron chi connectivity index (χ2n) is 3.05. The third-order valence-corrected chi connectivity index (χ3v) is 2.28. The van der Waals surface area contributed by atoms with Crippen LogP contribution < -0.4 is 12.4 Å². The molecule has 0 atom stereocenters. The Morgan fingerprint density at radius 3 is 1.92 bits per heavy atom. The van der Waals surface area contributed by atoms with E-state index in [1.165, 1.54) is 0 Å². The molecule has 0 heterocycles. The van der Waals surface area contributed by atoms with Gasteiger partial charge >= 0.3 is 0 Å². The molecule has 0 rings (SSSR count). The quantitative estimate of drug-likeness (QED) is 0.384. The minimum atomic E-state index is 0. The van der Waals surface area contributed by atoms with E-state index >= 15 is 0 Å². The lowest BCUT2D eigenvalue weighted by atomic mass is 10.3. The summed E-state index contributed by atoms with van der Waals surface area (Å²) in [6.07, 6.45) is 3.81. The first-order chi connectivity index (χ1) is 5.74. The van der Waals surface area contributed by atoms with E-state index in [2.05, 4.69) is 20.1 Å². The van der Waals surface area contributed by atoms with Crippen LogP contribution in [0.15, 0.2) is 25.3 Å². The highest BCUT2D eigenvalue weighted by atomic mass is 35.5. The second kappa shape index (κ2) is 8.30. The molecule has 0 bridgehead atoms. The molecule has 0 aliphatic carbocycles. The molecule has 13 heavy (non-hydrogen) atoms. The summed E-state index contributed by atoms with van der Waals surface area (Å²) in [4.78, 5) is 0. The van der Waals surface area contributed by atoms with Crippen molar-refractivity contribution < 1.29 is 22.0 Å². The summed E-state index contributed by atoms with van der Waals surface area (Å²) in [5.41, 5.74) is 0. The predicted molar refractivity (Wildman–Crippen MR) is 52.9 cm³/mol. The molecule has 3 heteroatoms. The summed E-state index contributed by atoms with van der Waals surface area (Å²) >= 11 is 0. The highest BCUT2D eigenvalue weighted by Gasteiger charge is 2.20. The number of aliphatic hydroxyl groups excluding tert-OH is 1. The molecular weight excluding hydrogens is 186 g/mol. The normalized spacial score (nSPS) is 10.3. The minimum Gasteiger partial charge on any atom is -1.00 e. The van der Waals surface area contributed by atoms with Gasteiger partial charge in [-0.05, 0) is 19.1 Å². The van der Waals surface area contributed by atoms with Crippen LogP contribution in [0.3, 0.4) is 0 Å². The Kier molecular flexibility index (Phi) is 9.68. The van der Waals surface area contributed by atoms with Crippen molar-refractivity contribution in [3.63, 3.8) is 0 Å². The fraction of sp³-hybridized carbons (Fsp3) is 0.600. The predicted octanol–water partition coefficient (Wildman–Crippen LogP) is -1.81. The minimum absolute atomic E-state index is 0. The van der Waals surface area contributed by atoms with Crippen molar-refractivity contribution in [2.45, 2.75) is 6.92 Å². The SMILES string of the molecule is C=CC[N+](CC)(CC=C)CCO.[Cl-]. The molecule has 0 aromatic carbocycles. The number of likely N-dealkylation sites (N-methyl/N-ethyl adjacent to an activating group) is 1. The molecule has 2 nitrogen and oxygen atoms in total. The standard InChI is InChI=1S/C10H20NO.ClH/c1-4-7-11(6-3,8-5-2)9-10-12;/h4-5,12H,1-2,6-10H2,3H3;1H/q+1;/p-1. The molecule has 0 aromatic rings. The maximum atomic E-state index is 8.90. The molecule has 0 amide bonds. The van der Waals surface area contributed by atoms with Gasteiger partial charge in [0.1, 0.15) is 6.54 Å². The Labute approximate surface area is 87.6 Å². The maximum Gasteiger partial charge on any atom is 0.103 e. The van der Waals surface area contributed by atoms with Crippen LogP contribution in [0.1, 0.15) is 6.92 Å². The topological polar surface area (TPSA) is 20.2 Å². The van der Waals surface area contributed by atoms with E-state index in [0.717, 1.165) is 30.7 Å². The summed E-state index contributed by atoms with van der Waals surface area (Å²) in [6, 6.07) is 0. The van der Waals surface area contributed by atoms with Crippen molar-refractivity contribution in [1.29, 1.82) is 0 Å². The van der Waals surface area contributed by atoms with Gasteiger partial charge in [-0.15, -0.1) is 0 Å². The van der Waals surface area contributed by atoms with Crippen molar-refractivity contribution in [3.05, 3.63) is 25.3 Å². The maximum absolute atomic E-state index is 8.90. The summed E-state index contributed by atoms with van der Waals surface area (Å²) in [5, 5.41) is 8.90. The van der Waals surface area contributed by atoms with E-state index in [-0.39, 0.29) is 19.0 Å².